The van der Waals surface area contributed by atoms with E-state index in [2.05, 4.69) is 24.4 Å². The van der Waals surface area contributed by atoms with E-state index in [1.165, 1.54) is 10.5 Å². The summed E-state index contributed by atoms with van der Waals surface area (Å²) in [6.07, 6.45) is 1.13. The molecule has 0 unspecified atom stereocenters. The van der Waals surface area contributed by atoms with Crippen molar-refractivity contribution in [3.8, 4) is 5.75 Å². The average molecular weight is 278 g/mol. The van der Waals surface area contributed by atoms with E-state index in [1.54, 1.807) is 14.1 Å². The molecule has 0 saturated carbocycles. The van der Waals surface area contributed by atoms with Gasteiger partial charge in [-0.3, -0.25) is 4.79 Å². The van der Waals surface area contributed by atoms with E-state index in [1.807, 2.05) is 13.8 Å². The Morgan fingerprint density at radius 1 is 1.25 bits per heavy atom. The SMILES string of the molecule is CCCNCc1cc(C)c(OCC(=O)N(C)C)c(C)c1. The topological polar surface area (TPSA) is 41.6 Å². The first kappa shape index (κ1) is 16.5. The maximum atomic E-state index is 11.6. The Morgan fingerprint density at radius 2 is 1.85 bits per heavy atom. The van der Waals surface area contributed by atoms with Crippen molar-refractivity contribution in [1.82, 2.24) is 10.2 Å². The number of hydrogen-bond donors (Lipinski definition) is 1. The second kappa shape index (κ2) is 7.90. The van der Waals surface area contributed by atoms with Gasteiger partial charge in [0.25, 0.3) is 5.91 Å². The first-order valence-corrected chi connectivity index (χ1v) is 7.09. The van der Waals surface area contributed by atoms with Crippen molar-refractivity contribution in [2.24, 2.45) is 0 Å². The fraction of sp³-hybridized carbons (Fsp3) is 0.562. The Hall–Kier alpha value is -1.55. The van der Waals surface area contributed by atoms with Gasteiger partial charge in [0.05, 0.1) is 0 Å². The minimum absolute atomic E-state index is 0.0301. The normalized spacial score (nSPS) is 10.4. The van der Waals surface area contributed by atoms with Gasteiger partial charge in [0.15, 0.2) is 6.61 Å². The third-order valence-electron chi connectivity index (χ3n) is 3.11. The molecule has 112 valence electrons. The zero-order chi connectivity index (χ0) is 15.1. The summed E-state index contributed by atoms with van der Waals surface area (Å²) in [5.41, 5.74) is 3.40. The van der Waals surface area contributed by atoms with Gasteiger partial charge in [-0.05, 0) is 43.5 Å². The van der Waals surface area contributed by atoms with Crippen LogP contribution in [0.1, 0.15) is 30.0 Å². The quantitative estimate of drug-likeness (QED) is 0.778. The molecule has 0 heterocycles. The van der Waals surface area contributed by atoms with Crippen molar-refractivity contribution >= 4 is 5.91 Å². The lowest BCUT2D eigenvalue weighted by Crippen LogP contribution is -2.27. The first-order chi connectivity index (χ1) is 9.45. The van der Waals surface area contributed by atoms with Crippen LogP contribution in [0, 0.1) is 13.8 Å². The Kier molecular flexibility index (Phi) is 6.52. The first-order valence-electron chi connectivity index (χ1n) is 7.09. The highest BCUT2D eigenvalue weighted by Crippen LogP contribution is 2.24. The van der Waals surface area contributed by atoms with Crippen LogP contribution in [-0.4, -0.2) is 38.1 Å². The molecular formula is C16H26N2O2. The summed E-state index contributed by atoms with van der Waals surface area (Å²) in [7, 11) is 3.46. The van der Waals surface area contributed by atoms with Crippen molar-refractivity contribution in [3.63, 3.8) is 0 Å². The Bertz CT molecular complexity index is 433. The largest absolute Gasteiger partial charge is 0.483 e. The van der Waals surface area contributed by atoms with Crippen LogP contribution in [0.4, 0.5) is 0 Å². The number of rotatable bonds is 7. The summed E-state index contributed by atoms with van der Waals surface area (Å²) < 4.78 is 5.66. The molecule has 0 saturated heterocycles. The van der Waals surface area contributed by atoms with Crippen molar-refractivity contribution in [1.29, 1.82) is 0 Å². The van der Waals surface area contributed by atoms with Gasteiger partial charge in [0, 0.05) is 20.6 Å². The lowest BCUT2D eigenvalue weighted by Gasteiger charge is -2.16. The predicted molar refractivity (Wildman–Crippen MR) is 82.1 cm³/mol. The highest BCUT2D eigenvalue weighted by molar-refractivity contribution is 5.77. The monoisotopic (exact) mass is 278 g/mol. The number of carbonyl (C=O) groups excluding carboxylic acids is 1. The van der Waals surface area contributed by atoms with Gasteiger partial charge in [0.1, 0.15) is 5.75 Å². The molecule has 0 fully saturated rings. The van der Waals surface area contributed by atoms with Gasteiger partial charge in [-0.1, -0.05) is 19.1 Å². The molecular weight excluding hydrogens is 252 g/mol. The fourth-order valence-corrected chi connectivity index (χ4v) is 2.04. The standard InChI is InChI=1S/C16H26N2O2/c1-6-7-17-10-14-8-12(2)16(13(3)9-14)20-11-15(19)18(4)5/h8-9,17H,6-7,10-11H2,1-5H3. The van der Waals surface area contributed by atoms with E-state index in [4.69, 9.17) is 4.74 Å². The summed E-state index contributed by atoms with van der Waals surface area (Å²) >= 11 is 0. The molecule has 0 aliphatic rings. The molecule has 4 heteroatoms. The molecule has 1 aromatic rings. The van der Waals surface area contributed by atoms with Crippen molar-refractivity contribution in [3.05, 3.63) is 28.8 Å². The fourth-order valence-electron chi connectivity index (χ4n) is 2.04. The smallest absolute Gasteiger partial charge is 0.259 e. The molecule has 0 spiro atoms. The molecule has 1 N–H and O–H groups in total. The van der Waals surface area contributed by atoms with E-state index in [-0.39, 0.29) is 12.5 Å². The third-order valence-corrected chi connectivity index (χ3v) is 3.11. The van der Waals surface area contributed by atoms with Crippen molar-refractivity contribution in [2.75, 3.05) is 27.2 Å². The number of nitrogens with one attached hydrogen (secondary N) is 1. The Balaban J connectivity index is 2.71. The maximum absolute atomic E-state index is 11.6. The second-order valence-electron chi connectivity index (χ2n) is 5.31. The molecule has 1 rings (SSSR count). The van der Waals surface area contributed by atoms with E-state index < -0.39 is 0 Å². The van der Waals surface area contributed by atoms with Crippen LogP contribution >= 0.6 is 0 Å². The average Bonchev–Trinajstić information content (AvgIpc) is 2.37. The van der Waals surface area contributed by atoms with Gasteiger partial charge in [-0.25, -0.2) is 0 Å². The zero-order valence-corrected chi connectivity index (χ0v) is 13.2. The highest BCUT2D eigenvalue weighted by Gasteiger charge is 2.10. The maximum Gasteiger partial charge on any atom is 0.259 e. The van der Waals surface area contributed by atoms with Crippen molar-refractivity contribution < 1.29 is 9.53 Å². The van der Waals surface area contributed by atoms with Crippen molar-refractivity contribution in [2.45, 2.75) is 33.7 Å². The number of nitrogens with zero attached hydrogens (tertiary/aromatic N) is 1. The predicted octanol–water partition coefficient (Wildman–Crippen LogP) is 2.27. The molecule has 0 radical (unpaired) electrons. The molecule has 1 amide bonds. The van der Waals surface area contributed by atoms with Crippen LogP contribution in [0.25, 0.3) is 0 Å². The van der Waals surface area contributed by atoms with Gasteiger partial charge in [-0.15, -0.1) is 0 Å². The van der Waals surface area contributed by atoms with E-state index in [0.717, 1.165) is 36.4 Å². The van der Waals surface area contributed by atoms with Crippen LogP contribution in [0.15, 0.2) is 12.1 Å². The number of benzene rings is 1. The number of hydrogen-bond acceptors (Lipinski definition) is 3. The Morgan fingerprint density at radius 3 is 2.35 bits per heavy atom. The summed E-state index contributed by atoms with van der Waals surface area (Å²) in [4.78, 5) is 13.1. The highest BCUT2D eigenvalue weighted by atomic mass is 16.5. The number of carbonyl (C=O) groups is 1. The van der Waals surface area contributed by atoms with Crippen LogP contribution in [-0.2, 0) is 11.3 Å². The van der Waals surface area contributed by atoms with Crippen LogP contribution in [0.3, 0.4) is 0 Å². The number of ether oxygens (including phenoxy) is 1. The molecule has 4 nitrogen and oxygen atoms in total. The zero-order valence-electron chi connectivity index (χ0n) is 13.2. The summed E-state index contributed by atoms with van der Waals surface area (Å²) in [5.74, 6) is 0.789. The summed E-state index contributed by atoms with van der Waals surface area (Å²) in [6.45, 7) is 8.17. The lowest BCUT2D eigenvalue weighted by molar-refractivity contribution is -0.130. The third kappa shape index (κ3) is 4.85. The van der Waals surface area contributed by atoms with Crippen LogP contribution in [0.5, 0.6) is 5.75 Å². The van der Waals surface area contributed by atoms with Gasteiger partial charge in [-0.2, -0.15) is 0 Å². The van der Waals surface area contributed by atoms with Crippen LogP contribution < -0.4 is 10.1 Å². The number of aryl methyl sites for hydroxylation is 2. The minimum atomic E-state index is -0.0301. The molecule has 0 aromatic heterocycles. The second-order valence-corrected chi connectivity index (χ2v) is 5.31. The van der Waals surface area contributed by atoms with E-state index >= 15 is 0 Å². The van der Waals surface area contributed by atoms with Gasteiger partial charge >= 0.3 is 0 Å². The van der Waals surface area contributed by atoms with Gasteiger partial charge in [0.2, 0.25) is 0 Å². The van der Waals surface area contributed by atoms with E-state index in [9.17, 15) is 4.79 Å². The molecule has 0 aliphatic heterocycles. The number of amides is 1. The molecule has 0 aliphatic carbocycles. The minimum Gasteiger partial charge on any atom is -0.483 e. The summed E-state index contributed by atoms with van der Waals surface area (Å²) in [5, 5.41) is 3.39. The Labute approximate surface area is 122 Å². The van der Waals surface area contributed by atoms with Gasteiger partial charge < -0.3 is 15.0 Å². The molecule has 0 bridgehead atoms. The number of likely N-dealkylation sites (N-methyl/N-ethyl adjacent to an activating group) is 1. The molecule has 1 aromatic carbocycles. The van der Waals surface area contributed by atoms with E-state index in [0.29, 0.717) is 0 Å². The summed E-state index contributed by atoms with van der Waals surface area (Å²) in [6, 6.07) is 4.23. The lowest BCUT2D eigenvalue weighted by atomic mass is 10.1. The van der Waals surface area contributed by atoms with Crippen LogP contribution in [0.2, 0.25) is 0 Å². The molecule has 20 heavy (non-hydrogen) atoms. The molecule has 0 atom stereocenters.